The number of fused-ring (bicyclic) bond motifs is 1. The van der Waals surface area contributed by atoms with Crippen LogP contribution in [0.15, 0.2) is 53.7 Å². The number of thioether (sulfide) groups is 1. The zero-order valence-corrected chi connectivity index (χ0v) is 13.4. The van der Waals surface area contributed by atoms with Gasteiger partial charge in [0.05, 0.1) is 11.1 Å². The standard InChI is InChI=1S/C18H17NO2S/c1-3-22-16-8-7-12(2)10-13(16)14-11-19-9-5-4-6-15(19)17(14)18(20)21/h4-11H,3H2,1-2H3,(H,20,21). The van der Waals surface area contributed by atoms with Gasteiger partial charge in [0.1, 0.15) is 0 Å². The average Bonchev–Trinajstić information content (AvgIpc) is 2.88. The van der Waals surface area contributed by atoms with Crippen molar-refractivity contribution in [2.75, 3.05) is 5.75 Å². The molecular formula is C18H17NO2S. The minimum absolute atomic E-state index is 0.365. The number of hydrogen-bond acceptors (Lipinski definition) is 2. The molecule has 0 atom stereocenters. The summed E-state index contributed by atoms with van der Waals surface area (Å²) in [6.45, 7) is 4.13. The molecule has 0 radical (unpaired) electrons. The van der Waals surface area contributed by atoms with Crippen molar-refractivity contribution in [1.82, 2.24) is 4.40 Å². The molecule has 3 rings (SSSR count). The van der Waals surface area contributed by atoms with Crippen molar-refractivity contribution in [2.24, 2.45) is 0 Å². The predicted molar refractivity (Wildman–Crippen MR) is 90.9 cm³/mol. The number of rotatable bonds is 4. The van der Waals surface area contributed by atoms with Crippen LogP contribution in [-0.4, -0.2) is 21.2 Å². The van der Waals surface area contributed by atoms with Crippen molar-refractivity contribution in [3.05, 3.63) is 59.9 Å². The second kappa shape index (κ2) is 5.89. The topological polar surface area (TPSA) is 41.7 Å². The van der Waals surface area contributed by atoms with E-state index in [-0.39, 0.29) is 0 Å². The van der Waals surface area contributed by atoms with Crippen LogP contribution in [0, 0.1) is 6.92 Å². The van der Waals surface area contributed by atoms with Gasteiger partial charge in [0, 0.05) is 22.9 Å². The minimum atomic E-state index is -0.891. The number of carboxylic acids is 1. The summed E-state index contributed by atoms with van der Waals surface area (Å²) in [6, 6.07) is 11.8. The number of aryl methyl sites for hydroxylation is 1. The van der Waals surface area contributed by atoms with Gasteiger partial charge in [-0.3, -0.25) is 0 Å². The van der Waals surface area contributed by atoms with E-state index in [2.05, 4.69) is 25.1 Å². The second-order valence-electron chi connectivity index (χ2n) is 5.15. The first-order valence-corrected chi connectivity index (χ1v) is 8.17. The van der Waals surface area contributed by atoms with Gasteiger partial charge < -0.3 is 9.51 Å². The zero-order valence-electron chi connectivity index (χ0n) is 12.5. The number of carboxylic acid groups (broad SMARTS) is 1. The fraction of sp³-hybridized carbons (Fsp3) is 0.167. The third-order valence-corrected chi connectivity index (χ3v) is 4.58. The van der Waals surface area contributed by atoms with Gasteiger partial charge in [0.2, 0.25) is 0 Å². The molecule has 22 heavy (non-hydrogen) atoms. The molecule has 3 aromatic rings. The molecule has 4 heteroatoms. The number of aromatic carboxylic acids is 1. The molecule has 3 nitrogen and oxygen atoms in total. The van der Waals surface area contributed by atoms with E-state index in [4.69, 9.17) is 0 Å². The van der Waals surface area contributed by atoms with Gasteiger partial charge in [-0.05, 0) is 36.4 Å². The molecule has 0 bridgehead atoms. The van der Waals surface area contributed by atoms with Crippen LogP contribution in [0.1, 0.15) is 22.8 Å². The number of benzene rings is 1. The Morgan fingerprint density at radius 1 is 1.23 bits per heavy atom. The van der Waals surface area contributed by atoms with E-state index < -0.39 is 5.97 Å². The highest BCUT2D eigenvalue weighted by Crippen LogP contribution is 2.36. The molecule has 1 N–H and O–H groups in total. The van der Waals surface area contributed by atoms with E-state index in [9.17, 15) is 9.90 Å². The van der Waals surface area contributed by atoms with Crippen LogP contribution in [0.25, 0.3) is 16.6 Å². The Morgan fingerprint density at radius 2 is 2.05 bits per heavy atom. The number of nitrogens with zero attached hydrogens (tertiary/aromatic N) is 1. The van der Waals surface area contributed by atoms with Crippen LogP contribution in [0.4, 0.5) is 0 Å². The molecule has 2 aromatic heterocycles. The summed E-state index contributed by atoms with van der Waals surface area (Å²) < 4.78 is 1.88. The van der Waals surface area contributed by atoms with Gasteiger partial charge in [0.25, 0.3) is 0 Å². The van der Waals surface area contributed by atoms with Gasteiger partial charge in [-0.1, -0.05) is 30.7 Å². The van der Waals surface area contributed by atoms with Crippen LogP contribution in [0.5, 0.6) is 0 Å². The molecule has 0 spiro atoms. The van der Waals surface area contributed by atoms with Crippen LogP contribution in [0.3, 0.4) is 0 Å². The van der Waals surface area contributed by atoms with E-state index in [1.807, 2.05) is 41.9 Å². The lowest BCUT2D eigenvalue weighted by molar-refractivity contribution is 0.0700. The van der Waals surface area contributed by atoms with Crippen molar-refractivity contribution < 1.29 is 9.90 Å². The zero-order chi connectivity index (χ0) is 15.7. The number of hydrogen-bond donors (Lipinski definition) is 1. The fourth-order valence-corrected chi connectivity index (χ4v) is 3.49. The summed E-state index contributed by atoms with van der Waals surface area (Å²) in [7, 11) is 0. The average molecular weight is 311 g/mol. The van der Waals surface area contributed by atoms with E-state index in [1.165, 1.54) is 0 Å². The van der Waals surface area contributed by atoms with E-state index in [0.717, 1.165) is 32.9 Å². The minimum Gasteiger partial charge on any atom is -0.478 e. The second-order valence-corrected chi connectivity index (χ2v) is 6.45. The van der Waals surface area contributed by atoms with Crippen LogP contribution in [0.2, 0.25) is 0 Å². The van der Waals surface area contributed by atoms with Crippen LogP contribution < -0.4 is 0 Å². The Bertz CT molecular complexity index is 851. The Hall–Kier alpha value is -2.20. The van der Waals surface area contributed by atoms with Crippen molar-refractivity contribution in [1.29, 1.82) is 0 Å². The third kappa shape index (κ3) is 2.50. The summed E-state index contributed by atoms with van der Waals surface area (Å²) >= 11 is 1.73. The largest absolute Gasteiger partial charge is 0.478 e. The molecular weight excluding hydrogens is 294 g/mol. The summed E-state index contributed by atoms with van der Waals surface area (Å²) in [5, 5.41) is 9.68. The maximum absolute atomic E-state index is 11.8. The summed E-state index contributed by atoms with van der Waals surface area (Å²) in [5.41, 5.74) is 3.98. The summed E-state index contributed by atoms with van der Waals surface area (Å²) in [6.07, 6.45) is 3.79. The Labute approximate surface area is 133 Å². The molecule has 112 valence electrons. The maximum Gasteiger partial charge on any atom is 0.338 e. The number of carbonyl (C=O) groups is 1. The number of pyridine rings is 1. The van der Waals surface area contributed by atoms with E-state index in [0.29, 0.717) is 5.56 Å². The normalized spacial score (nSPS) is 11.0. The molecule has 0 aliphatic carbocycles. The summed E-state index contributed by atoms with van der Waals surface area (Å²) in [5.74, 6) is 0.0592. The smallest absolute Gasteiger partial charge is 0.338 e. The summed E-state index contributed by atoms with van der Waals surface area (Å²) in [4.78, 5) is 12.9. The highest BCUT2D eigenvalue weighted by Gasteiger charge is 2.20. The van der Waals surface area contributed by atoms with Gasteiger partial charge in [-0.2, -0.15) is 0 Å². The molecule has 0 fully saturated rings. The van der Waals surface area contributed by atoms with Crippen LogP contribution >= 0.6 is 11.8 Å². The molecule has 2 heterocycles. The lowest BCUT2D eigenvalue weighted by Crippen LogP contribution is -1.98. The van der Waals surface area contributed by atoms with Crippen molar-refractivity contribution in [3.63, 3.8) is 0 Å². The SMILES string of the molecule is CCSc1ccc(C)cc1-c1cn2ccccc2c1C(=O)O. The molecule has 0 saturated carbocycles. The Morgan fingerprint density at radius 3 is 2.77 bits per heavy atom. The quantitative estimate of drug-likeness (QED) is 0.709. The fourth-order valence-electron chi connectivity index (χ4n) is 2.69. The van der Waals surface area contributed by atoms with E-state index in [1.54, 1.807) is 11.8 Å². The molecule has 0 unspecified atom stereocenters. The molecule has 1 aromatic carbocycles. The number of aromatic nitrogens is 1. The van der Waals surface area contributed by atoms with Crippen LogP contribution in [-0.2, 0) is 0 Å². The lowest BCUT2D eigenvalue weighted by atomic mass is 10.0. The van der Waals surface area contributed by atoms with Gasteiger partial charge in [0.15, 0.2) is 0 Å². The van der Waals surface area contributed by atoms with Gasteiger partial charge >= 0.3 is 5.97 Å². The first-order chi connectivity index (χ1) is 10.6. The molecule has 0 aliphatic heterocycles. The predicted octanol–water partition coefficient (Wildman–Crippen LogP) is 4.72. The van der Waals surface area contributed by atoms with Crippen molar-refractivity contribution in [2.45, 2.75) is 18.7 Å². The molecule has 0 amide bonds. The molecule has 0 aliphatic rings. The molecule has 0 saturated heterocycles. The van der Waals surface area contributed by atoms with Gasteiger partial charge in [-0.25, -0.2) is 4.79 Å². The van der Waals surface area contributed by atoms with Crippen molar-refractivity contribution in [3.8, 4) is 11.1 Å². The first kappa shape index (κ1) is 14.7. The highest BCUT2D eigenvalue weighted by atomic mass is 32.2. The van der Waals surface area contributed by atoms with Gasteiger partial charge in [-0.15, -0.1) is 11.8 Å². The maximum atomic E-state index is 11.8. The Kier molecular flexibility index (Phi) is 3.94. The lowest BCUT2D eigenvalue weighted by Gasteiger charge is -2.09. The third-order valence-electron chi connectivity index (χ3n) is 3.62. The first-order valence-electron chi connectivity index (χ1n) is 7.18. The monoisotopic (exact) mass is 311 g/mol. The van der Waals surface area contributed by atoms with Crippen molar-refractivity contribution >= 4 is 23.2 Å². The van der Waals surface area contributed by atoms with E-state index >= 15 is 0 Å². The highest BCUT2D eigenvalue weighted by molar-refractivity contribution is 7.99. The Balaban J connectivity index is 2.32.